The molecule has 8 nitrogen and oxygen atoms in total. The number of hydrogen-bond donors (Lipinski definition) is 1. The van der Waals surface area contributed by atoms with Gasteiger partial charge in [-0.1, -0.05) is 18.2 Å². The predicted octanol–water partition coefficient (Wildman–Crippen LogP) is 3.85. The average Bonchev–Trinajstić information content (AvgIpc) is 3.39. The topological polar surface area (TPSA) is 84.7 Å². The zero-order valence-corrected chi connectivity index (χ0v) is 20.5. The first-order valence-corrected chi connectivity index (χ1v) is 12.6. The van der Waals surface area contributed by atoms with E-state index in [1.807, 2.05) is 59.7 Å². The molecule has 6 rings (SSSR count). The van der Waals surface area contributed by atoms with Crippen LogP contribution in [-0.4, -0.2) is 55.9 Å². The minimum atomic E-state index is 0.575. The molecule has 1 saturated heterocycles. The van der Waals surface area contributed by atoms with Crippen LogP contribution in [0.1, 0.15) is 17.1 Å². The number of piperazine rings is 1. The number of hydrogen-bond acceptors (Lipinski definition) is 7. The molecule has 184 valence electrons. The number of nitrogens with zero attached hydrogens (tertiary/aromatic N) is 7. The third-order valence-electron chi connectivity index (χ3n) is 6.51. The van der Waals surface area contributed by atoms with Gasteiger partial charge in [-0.2, -0.15) is 5.10 Å². The molecule has 0 radical (unpaired) electrons. The molecule has 0 bridgehead atoms. The minimum Gasteiger partial charge on any atom is -0.369 e. The van der Waals surface area contributed by atoms with Crippen molar-refractivity contribution in [3.8, 4) is 22.5 Å². The zero-order valence-electron chi connectivity index (χ0n) is 20.5. The van der Waals surface area contributed by atoms with Gasteiger partial charge in [0.2, 0.25) is 0 Å². The highest BCUT2D eigenvalue weighted by atomic mass is 15.3. The normalized spacial score (nSPS) is 13.6. The van der Waals surface area contributed by atoms with Crippen LogP contribution in [-0.2, 0) is 13.0 Å². The lowest BCUT2D eigenvalue weighted by Gasteiger charge is -2.29. The van der Waals surface area contributed by atoms with Gasteiger partial charge >= 0.3 is 0 Å². The Morgan fingerprint density at radius 2 is 1.73 bits per heavy atom. The van der Waals surface area contributed by atoms with Crippen molar-refractivity contribution in [3.05, 3.63) is 109 Å². The summed E-state index contributed by atoms with van der Waals surface area (Å²) in [4.78, 5) is 20.7. The molecule has 1 aliphatic heterocycles. The Hall–Kier alpha value is -4.43. The van der Waals surface area contributed by atoms with E-state index in [4.69, 9.17) is 10.1 Å². The van der Waals surface area contributed by atoms with Crippen LogP contribution >= 0.6 is 0 Å². The number of nitrogens with one attached hydrogen (secondary N) is 1. The van der Waals surface area contributed by atoms with Crippen LogP contribution in [0, 0.1) is 0 Å². The van der Waals surface area contributed by atoms with E-state index in [0.717, 1.165) is 60.2 Å². The number of rotatable bonds is 7. The Morgan fingerprint density at radius 1 is 0.838 bits per heavy atom. The molecule has 0 saturated carbocycles. The minimum absolute atomic E-state index is 0.575. The first-order chi connectivity index (χ1) is 18.3. The van der Waals surface area contributed by atoms with Crippen molar-refractivity contribution in [2.24, 2.45) is 0 Å². The van der Waals surface area contributed by atoms with Crippen molar-refractivity contribution < 1.29 is 0 Å². The van der Waals surface area contributed by atoms with E-state index in [9.17, 15) is 0 Å². The summed E-state index contributed by atoms with van der Waals surface area (Å²) in [6.07, 6.45) is 9.93. The third-order valence-corrected chi connectivity index (χ3v) is 6.51. The Morgan fingerprint density at radius 3 is 2.51 bits per heavy atom. The molecule has 1 aromatic carbocycles. The van der Waals surface area contributed by atoms with Gasteiger partial charge in [0.25, 0.3) is 0 Å². The van der Waals surface area contributed by atoms with Crippen LogP contribution in [0.2, 0.25) is 0 Å². The molecule has 8 heteroatoms. The maximum Gasteiger partial charge on any atom is 0.133 e. The summed E-state index contributed by atoms with van der Waals surface area (Å²) in [5.74, 6) is 0.780. The smallest absolute Gasteiger partial charge is 0.133 e. The summed E-state index contributed by atoms with van der Waals surface area (Å²) >= 11 is 0. The second-order valence-electron chi connectivity index (χ2n) is 9.09. The molecule has 37 heavy (non-hydrogen) atoms. The summed E-state index contributed by atoms with van der Waals surface area (Å²) in [5.41, 5.74) is 6.97. The van der Waals surface area contributed by atoms with Crippen molar-refractivity contribution in [1.29, 1.82) is 0 Å². The summed E-state index contributed by atoms with van der Waals surface area (Å²) in [5, 5.41) is 8.29. The number of aromatic nitrogens is 6. The molecule has 1 fully saturated rings. The molecule has 4 aromatic heterocycles. The van der Waals surface area contributed by atoms with Crippen LogP contribution in [0.5, 0.6) is 0 Å². The highest BCUT2D eigenvalue weighted by Crippen LogP contribution is 2.30. The van der Waals surface area contributed by atoms with Crippen LogP contribution < -0.4 is 10.2 Å². The highest BCUT2D eigenvalue weighted by molar-refractivity contribution is 5.78. The lowest BCUT2D eigenvalue weighted by Crippen LogP contribution is -2.43. The first kappa shape index (κ1) is 23.0. The van der Waals surface area contributed by atoms with E-state index in [-0.39, 0.29) is 0 Å². The molecule has 0 aliphatic carbocycles. The van der Waals surface area contributed by atoms with Crippen molar-refractivity contribution in [2.75, 3.05) is 31.1 Å². The number of pyridine rings is 2. The van der Waals surface area contributed by atoms with E-state index < -0.39 is 0 Å². The summed E-state index contributed by atoms with van der Waals surface area (Å²) in [7, 11) is 0. The maximum absolute atomic E-state index is 4.94. The van der Waals surface area contributed by atoms with E-state index in [0.29, 0.717) is 13.0 Å². The van der Waals surface area contributed by atoms with Crippen LogP contribution in [0.15, 0.2) is 91.6 Å². The molecule has 5 aromatic rings. The number of benzene rings is 1. The molecule has 5 heterocycles. The molecule has 0 unspecified atom stereocenters. The Balaban J connectivity index is 1.27. The van der Waals surface area contributed by atoms with Gasteiger partial charge in [0, 0.05) is 80.4 Å². The SMILES string of the molecule is c1ccc(Cn2cc(-c3ccnc(Cc4ccc(N5CCNCC5)cc4)n3)c(-c3cccnc3)n2)nc1. The van der Waals surface area contributed by atoms with Gasteiger partial charge in [0.1, 0.15) is 11.5 Å². The first-order valence-electron chi connectivity index (χ1n) is 12.6. The molecule has 0 amide bonds. The molecule has 1 N–H and O–H groups in total. The summed E-state index contributed by atoms with van der Waals surface area (Å²) < 4.78 is 1.91. The maximum atomic E-state index is 4.94. The Kier molecular flexibility index (Phi) is 6.64. The Labute approximate surface area is 216 Å². The summed E-state index contributed by atoms with van der Waals surface area (Å²) in [6, 6.07) is 20.6. The van der Waals surface area contributed by atoms with Gasteiger partial charge in [-0.3, -0.25) is 14.6 Å². The van der Waals surface area contributed by atoms with Crippen molar-refractivity contribution in [1.82, 2.24) is 35.0 Å². The average molecular weight is 489 g/mol. The van der Waals surface area contributed by atoms with E-state index >= 15 is 0 Å². The van der Waals surface area contributed by atoms with Gasteiger partial charge in [-0.25, -0.2) is 9.97 Å². The highest BCUT2D eigenvalue weighted by Gasteiger charge is 2.16. The van der Waals surface area contributed by atoms with Crippen LogP contribution in [0.25, 0.3) is 22.5 Å². The van der Waals surface area contributed by atoms with E-state index in [1.54, 1.807) is 12.4 Å². The van der Waals surface area contributed by atoms with Crippen molar-refractivity contribution in [2.45, 2.75) is 13.0 Å². The fraction of sp³-hybridized carbons (Fsp3) is 0.207. The predicted molar refractivity (Wildman–Crippen MR) is 144 cm³/mol. The molecule has 0 spiro atoms. The Bertz CT molecular complexity index is 1440. The van der Waals surface area contributed by atoms with E-state index in [2.05, 4.69) is 49.4 Å². The standard InChI is InChI=1S/C29H28N8/c1-2-12-32-24(5-1)20-37-21-26(29(35-37)23-4-3-11-31-19-23)27-10-13-33-28(34-27)18-22-6-8-25(9-7-22)36-16-14-30-15-17-36/h1-13,19,21,30H,14-18,20H2. The lowest BCUT2D eigenvalue weighted by atomic mass is 10.1. The largest absolute Gasteiger partial charge is 0.369 e. The molecular formula is C29H28N8. The fourth-order valence-electron chi connectivity index (χ4n) is 4.63. The molecule has 1 aliphatic rings. The summed E-state index contributed by atoms with van der Waals surface area (Å²) in [6.45, 7) is 4.71. The fourth-order valence-corrected chi connectivity index (χ4v) is 4.63. The zero-order chi connectivity index (χ0) is 24.9. The lowest BCUT2D eigenvalue weighted by molar-refractivity contribution is 0.589. The number of anilines is 1. The van der Waals surface area contributed by atoms with Gasteiger partial charge in [-0.05, 0) is 48.0 Å². The van der Waals surface area contributed by atoms with Gasteiger partial charge in [0.15, 0.2) is 0 Å². The monoisotopic (exact) mass is 488 g/mol. The van der Waals surface area contributed by atoms with Gasteiger partial charge in [0.05, 0.1) is 17.9 Å². The van der Waals surface area contributed by atoms with Gasteiger partial charge < -0.3 is 10.2 Å². The molecule has 0 atom stereocenters. The second kappa shape index (κ2) is 10.7. The quantitative estimate of drug-likeness (QED) is 0.373. The van der Waals surface area contributed by atoms with Crippen molar-refractivity contribution >= 4 is 5.69 Å². The molecular weight excluding hydrogens is 460 g/mol. The van der Waals surface area contributed by atoms with Crippen molar-refractivity contribution in [3.63, 3.8) is 0 Å². The van der Waals surface area contributed by atoms with Crippen LogP contribution in [0.4, 0.5) is 5.69 Å². The third kappa shape index (κ3) is 5.39. The van der Waals surface area contributed by atoms with Gasteiger partial charge in [-0.15, -0.1) is 0 Å². The van der Waals surface area contributed by atoms with E-state index in [1.165, 1.54) is 11.3 Å². The van der Waals surface area contributed by atoms with Crippen LogP contribution in [0.3, 0.4) is 0 Å². The second-order valence-corrected chi connectivity index (χ2v) is 9.09.